The minimum Gasteiger partial charge on any atom is -0.481 e. The standard InChI is InChI=1S/C13H16F3NO5/c14-13(15,16)22-8-1-7(2-8)21-3-9(18)17-12-4-11(5-12,6-12)10(19)20/h7-8H,1-6H2,(H,17,18)(H,19,20). The molecule has 124 valence electrons. The Morgan fingerprint density at radius 1 is 1.18 bits per heavy atom. The number of hydrogen-bond donors (Lipinski definition) is 2. The molecule has 4 aliphatic carbocycles. The number of rotatable bonds is 6. The molecule has 22 heavy (non-hydrogen) atoms. The van der Waals surface area contributed by atoms with Crippen molar-refractivity contribution in [2.45, 2.75) is 56.2 Å². The van der Waals surface area contributed by atoms with Gasteiger partial charge in [0, 0.05) is 18.4 Å². The summed E-state index contributed by atoms with van der Waals surface area (Å²) in [5.74, 6) is -1.19. The number of halogens is 3. The topological polar surface area (TPSA) is 84.9 Å². The fourth-order valence-corrected chi connectivity index (χ4v) is 3.61. The predicted molar refractivity (Wildman–Crippen MR) is 64.7 cm³/mol. The first-order valence-corrected chi connectivity index (χ1v) is 7.02. The van der Waals surface area contributed by atoms with Crippen LogP contribution >= 0.6 is 0 Å². The van der Waals surface area contributed by atoms with Crippen LogP contribution in [0.1, 0.15) is 32.1 Å². The van der Waals surface area contributed by atoms with Gasteiger partial charge in [-0.3, -0.25) is 14.3 Å². The molecule has 6 nitrogen and oxygen atoms in total. The van der Waals surface area contributed by atoms with Crippen LogP contribution in [0.4, 0.5) is 13.2 Å². The van der Waals surface area contributed by atoms with E-state index in [0.717, 1.165) is 0 Å². The monoisotopic (exact) mass is 323 g/mol. The van der Waals surface area contributed by atoms with Crippen LogP contribution in [0.25, 0.3) is 0 Å². The lowest BCUT2D eigenvalue weighted by Crippen LogP contribution is -2.77. The second kappa shape index (κ2) is 4.82. The molecule has 4 aliphatic rings. The molecule has 0 spiro atoms. The van der Waals surface area contributed by atoms with E-state index in [4.69, 9.17) is 9.84 Å². The van der Waals surface area contributed by atoms with Gasteiger partial charge < -0.3 is 15.2 Å². The smallest absolute Gasteiger partial charge is 0.481 e. The Morgan fingerprint density at radius 3 is 2.27 bits per heavy atom. The van der Waals surface area contributed by atoms with Crippen molar-refractivity contribution >= 4 is 11.9 Å². The van der Waals surface area contributed by atoms with Gasteiger partial charge in [-0.2, -0.15) is 0 Å². The molecule has 4 saturated carbocycles. The maximum atomic E-state index is 11.9. The molecule has 2 N–H and O–H groups in total. The summed E-state index contributed by atoms with van der Waals surface area (Å²) in [7, 11) is 0. The fraction of sp³-hybridized carbons (Fsp3) is 0.846. The maximum absolute atomic E-state index is 11.9. The zero-order valence-corrected chi connectivity index (χ0v) is 11.6. The van der Waals surface area contributed by atoms with Gasteiger partial charge in [0.05, 0.1) is 17.6 Å². The normalized spacial score (nSPS) is 39.2. The van der Waals surface area contributed by atoms with Crippen LogP contribution in [-0.4, -0.2) is 47.7 Å². The average molecular weight is 323 g/mol. The van der Waals surface area contributed by atoms with Crippen LogP contribution in [0, 0.1) is 5.41 Å². The van der Waals surface area contributed by atoms with Crippen molar-refractivity contribution in [1.82, 2.24) is 5.32 Å². The van der Waals surface area contributed by atoms with Crippen molar-refractivity contribution in [3.8, 4) is 0 Å². The number of alkyl halides is 3. The van der Waals surface area contributed by atoms with Gasteiger partial charge in [0.1, 0.15) is 6.61 Å². The van der Waals surface area contributed by atoms with Crippen molar-refractivity contribution in [2.24, 2.45) is 5.41 Å². The highest BCUT2D eigenvalue weighted by molar-refractivity contribution is 5.84. The van der Waals surface area contributed by atoms with Gasteiger partial charge in [-0.1, -0.05) is 0 Å². The van der Waals surface area contributed by atoms with Gasteiger partial charge >= 0.3 is 12.3 Å². The third kappa shape index (κ3) is 2.79. The molecule has 9 heteroatoms. The molecule has 0 saturated heterocycles. The molecular weight excluding hydrogens is 307 g/mol. The Balaban J connectivity index is 1.30. The van der Waals surface area contributed by atoms with Gasteiger partial charge in [0.15, 0.2) is 0 Å². The van der Waals surface area contributed by atoms with Gasteiger partial charge in [0.25, 0.3) is 0 Å². The lowest BCUT2D eigenvalue weighted by atomic mass is 9.39. The van der Waals surface area contributed by atoms with Crippen LogP contribution in [0.5, 0.6) is 0 Å². The Hall–Kier alpha value is -1.35. The lowest BCUT2D eigenvalue weighted by Gasteiger charge is -2.67. The minimum absolute atomic E-state index is 0.111. The summed E-state index contributed by atoms with van der Waals surface area (Å²) in [6.45, 7) is -0.231. The molecular formula is C13H16F3NO5. The fourth-order valence-electron chi connectivity index (χ4n) is 3.61. The largest absolute Gasteiger partial charge is 0.522 e. The number of hydrogen-bond acceptors (Lipinski definition) is 4. The molecule has 2 bridgehead atoms. The van der Waals surface area contributed by atoms with E-state index in [1.54, 1.807) is 0 Å². The molecule has 1 amide bonds. The highest BCUT2D eigenvalue weighted by atomic mass is 19.4. The number of carboxylic acid groups (broad SMARTS) is 1. The summed E-state index contributed by atoms with van der Waals surface area (Å²) in [5.41, 5.74) is -1.08. The van der Waals surface area contributed by atoms with Crippen LogP contribution in [0.15, 0.2) is 0 Å². The van der Waals surface area contributed by atoms with Crippen molar-refractivity contribution in [3.05, 3.63) is 0 Å². The highest BCUT2D eigenvalue weighted by Crippen LogP contribution is 2.67. The number of carboxylic acids is 1. The number of carbonyl (C=O) groups excluding carboxylic acids is 1. The third-order valence-electron chi connectivity index (χ3n) is 4.69. The number of carbonyl (C=O) groups is 2. The summed E-state index contributed by atoms with van der Waals surface area (Å²) in [6, 6.07) is 0. The third-order valence-corrected chi connectivity index (χ3v) is 4.69. The molecule has 0 aliphatic heterocycles. The van der Waals surface area contributed by atoms with Crippen LogP contribution in [0.2, 0.25) is 0 Å². The molecule has 0 radical (unpaired) electrons. The van der Waals surface area contributed by atoms with Crippen molar-refractivity contribution < 1.29 is 37.3 Å². The van der Waals surface area contributed by atoms with Crippen LogP contribution in [-0.2, 0) is 19.1 Å². The van der Waals surface area contributed by atoms with Gasteiger partial charge in [-0.25, -0.2) is 0 Å². The minimum atomic E-state index is -4.64. The highest BCUT2D eigenvalue weighted by Gasteiger charge is 2.72. The first-order chi connectivity index (χ1) is 10.1. The second-order valence-electron chi connectivity index (χ2n) is 6.53. The summed E-state index contributed by atoms with van der Waals surface area (Å²) in [6.07, 6.45) is -4.42. The van der Waals surface area contributed by atoms with E-state index in [-0.39, 0.29) is 25.4 Å². The molecule has 4 rings (SSSR count). The van der Waals surface area contributed by atoms with Gasteiger partial charge in [-0.05, 0) is 19.3 Å². The Bertz CT molecular complexity index is 481. The van der Waals surface area contributed by atoms with Crippen LogP contribution < -0.4 is 5.32 Å². The maximum Gasteiger partial charge on any atom is 0.522 e. The lowest BCUT2D eigenvalue weighted by molar-refractivity contribution is -0.357. The first kappa shape index (κ1) is 15.5. The average Bonchev–Trinajstić information content (AvgIpc) is 2.22. The molecule has 0 heterocycles. The Labute approximate surface area is 123 Å². The summed E-state index contributed by atoms with van der Waals surface area (Å²) >= 11 is 0. The zero-order valence-electron chi connectivity index (χ0n) is 11.6. The van der Waals surface area contributed by atoms with E-state index in [0.29, 0.717) is 19.3 Å². The number of ether oxygens (including phenoxy) is 2. The van der Waals surface area contributed by atoms with Crippen molar-refractivity contribution in [3.63, 3.8) is 0 Å². The second-order valence-corrected chi connectivity index (χ2v) is 6.53. The van der Waals surface area contributed by atoms with E-state index in [9.17, 15) is 22.8 Å². The molecule has 4 fully saturated rings. The Kier molecular flexibility index (Phi) is 3.41. The molecule has 0 unspecified atom stereocenters. The predicted octanol–water partition coefficient (Wildman–Crippen LogP) is 1.19. The first-order valence-electron chi connectivity index (χ1n) is 7.02. The summed E-state index contributed by atoms with van der Waals surface area (Å²) < 4.78 is 44.8. The van der Waals surface area contributed by atoms with E-state index < -0.39 is 35.5 Å². The Morgan fingerprint density at radius 2 is 1.77 bits per heavy atom. The van der Waals surface area contributed by atoms with Crippen molar-refractivity contribution in [2.75, 3.05) is 6.61 Å². The number of amides is 1. The zero-order chi connectivity index (χ0) is 16.2. The van der Waals surface area contributed by atoms with Gasteiger partial charge in [0.2, 0.25) is 5.91 Å². The quantitative estimate of drug-likeness (QED) is 0.767. The van der Waals surface area contributed by atoms with E-state index in [2.05, 4.69) is 10.1 Å². The van der Waals surface area contributed by atoms with Crippen molar-refractivity contribution in [1.29, 1.82) is 0 Å². The van der Waals surface area contributed by atoms with E-state index in [1.807, 2.05) is 0 Å². The summed E-state index contributed by atoms with van der Waals surface area (Å²) in [5, 5.41) is 11.7. The number of aliphatic carboxylic acids is 1. The van der Waals surface area contributed by atoms with Gasteiger partial charge in [-0.15, -0.1) is 13.2 Å². The summed E-state index contributed by atoms with van der Waals surface area (Å²) in [4.78, 5) is 22.6. The SMILES string of the molecule is O=C(COC1CC(OC(F)(F)F)C1)NC12CC(C(=O)O)(C1)C2. The van der Waals surface area contributed by atoms with E-state index in [1.165, 1.54) is 0 Å². The number of nitrogens with one attached hydrogen (secondary N) is 1. The molecule has 0 aromatic rings. The van der Waals surface area contributed by atoms with Crippen LogP contribution in [0.3, 0.4) is 0 Å². The molecule has 0 aromatic carbocycles. The molecule has 0 aromatic heterocycles. The molecule has 0 atom stereocenters. The van der Waals surface area contributed by atoms with E-state index >= 15 is 0 Å².